The first-order valence-corrected chi connectivity index (χ1v) is 11.7. The Hall–Kier alpha value is -2.88. The average Bonchev–Trinajstić information content (AvgIpc) is 3.16. The van der Waals surface area contributed by atoms with E-state index in [0.717, 1.165) is 4.88 Å². The number of hydrogen-bond donors (Lipinski definition) is 1. The maximum Gasteiger partial charge on any atom is 0.264 e. The van der Waals surface area contributed by atoms with E-state index < -0.39 is 15.9 Å². The Bertz CT molecular complexity index is 1210. The molecular weight excluding hydrogens is 458 g/mol. The number of anilines is 2. The van der Waals surface area contributed by atoms with Crippen LogP contribution in [0.4, 0.5) is 10.8 Å². The highest BCUT2D eigenvalue weighted by Crippen LogP contribution is 2.29. The van der Waals surface area contributed by atoms with Gasteiger partial charge in [-0.2, -0.15) is 0 Å². The Balaban J connectivity index is 1.97. The fourth-order valence-electron chi connectivity index (χ4n) is 2.75. The van der Waals surface area contributed by atoms with Crippen molar-refractivity contribution in [2.75, 3.05) is 23.3 Å². The predicted molar refractivity (Wildman–Crippen MR) is 124 cm³/mol. The Morgan fingerprint density at radius 1 is 1.29 bits per heavy atom. The number of thiazole rings is 1. The van der Waals surface area contributed by atoms with Gasteiger partial charge in [0.15, 0.2) is 5.13 Å². The van der Waals surface area contributed by atoms with Gasteiger partial charge in [0.05, 0.1) is 34.8 Å². The van der Waals surface area contributed by atoms with Crippen molar-refractivity contribution >= 4 is 49.7 Å². The number of nitrogens with one attached hydrogen (secondary N) is 1. The smallest absolute Gasteiger partial charge is 0.264 e. The SMILES string of the molecule is C=CCN(c1ccc(OC)cc1)S(=O)(=O)c1ccc(Cl)c(C(=O)Nc2ncc(C)s2)c1. The number of aryl methyl sites for hydroxylation is 1. The first kappa shape index (κ1) is 22.8. The summed E-state index contributed by atoms with van der Waals surface area (Å²) >= 11 is 7.49. The van der Waals surface area contributed by atoms with Crippen molar-refractivity contribution in [1.29, 1.82) is 0 Å². The molecule has 10 heteroatoms. The van der Waals surface area contributed by atoms with Crippen LogP contribution in [0.5, 0.6) is 5.75 Å². The van der Waals surface area contributed by atoms with Crippen LogP contribution in [0.25, 0.3) is 0 Å². The number of ether oxygens (including phenoxy) is 1. The molecule has 31 heavy (non-hydrogen) atoms. The van der Waals surface area contributed by atoms with Gasteiger partial charge in [0.2, 0.25) is 0 Å². The van der Waals surface area contributed by atoms with Crippen molar-refractivity contribution in [1.82, 2.24) is 4.98 Å². The topological polar surface area (TPSA) is 88.6 Å². The third-order valence-corrected chi connectivity index (χ3v) is 7.22. The third kappa shape index (κ3) is 5.07. The van der Waals surface area contributed by atoms with Crippen LogP contribution in [0.1, 0.15) is 15.2 Å². The van der Waals surface area contributed by atoms with Gasteiger partial charge in [-0.15, -0.1) is 17.9 Å². The lowest BCUT2D eigenvalue weighted by Gasteiger charge is -2.23. The van der Waals surface area contributed by atoms with Crippen molar-refractivity contribution in [3.63, 3.8) is 0 Å². The first-order valence-electron chi connectivity index (χ1n) is 9.07. The first-order chi connectivity index (χ1) is 14.8. The maximum atomic E-state index is 13.4. The number of hydrogen-bond acceptors (Lipinski definition) is 6. The van der Waals surface area contributed by atoms with Crippen molar-refractivity contribution < 1.29 is 17.9 Å². The van der Waals surface area contributed by atoms with Crippen molar-refractivity contribution in [3.8, 4) is 5.75 Å². The van der Waals surface area contributed by atoms with Gasteiger partial charge in [-0.3, -0.25) is 14.4 Å². The second-order valence-electron chi connectivity index (χ2n) is 6.39. The highest BCUT2D eigenvalue weighted by molar-refractivity contribution is 7.92. The average molecular weight is 478 g/mol. The fraction of sp³-hybridized carbons (Fsp3) is 0.143. The minimum Gasteiger partial charge on any atom is -0.497 e. The number of sulfonamides is 1. The predicted octanol–water partition coefficient (Wildman–Crippen LogP) is 4.75. The van der Waals surface area contributed by atoms with Gasteiger partial charge >= 0.3 is 0 Å². The van der Waals surface area contributed by atoms with E-state index in [0.29, 0.717) is 16.6 Å². The minimum atomic E-state index is -4.01. The van der Waals surface area contributed by atoms with E-state index in [1.54, 1.807) is 30.5 Å². The van der Waals surface area contributed by atoms with Gasteiger partial charge < -0.3 is 4.74 Å². The molecule has 1 N–H and O–H groups in total. The second-order valence-corrected chi connectivity index (χ2v) is 9.90. The molecule has 0 fully saturated rings. The quantitative estimate of drug-likeness (QED) is 0.473. The fourth-order valence-corrected chi connectivity index (χ4v) is 5.08. The lowest BCUT2D eigenvalue weighted by molar-refractivity contribution is 0.102. The molecule has 0 radical (unpaired) electrons. The monoisotopic (exact) mass is 477 g/mol. The molecule has 1 aromatic heterocycles. The number of halogens is 1. The van der Waals surface area contributed by atoms with Crippen molar-refractivity contribution in [2.45, 2.75) is 11.8 Å². The highest BCUT2D eigenvalue weighted by atomic mass is 35.5. The molecular formula is C21H20ClN3O4S2. The van der Waals surface area contributed by atoms with Gasteiger partial charge in [-0.1, -0.05) is 17.7 Å². The number of carbonyl (C=O) groups is 1. The lowest BCUT2D eigenvalue weighted by Crippen LogP contribution is -2.31. The highest BCUT2D eigenvalue weighted by Gasteiger charge is 2.26. The Morgan fingerprint density at radius 3 is 2.58 bits per heavy atom. The van der Waals surface area contributed by atoms with Crippen LogP contribution in [0.15, 0.2) is 66.2 Å². The van der Waals surface area contributed by atoms with E-state index in [2.05, 4.69) is 16.9 Å². The Labute approximate surface area is 190 Å². The van der Waals surface area contributed by atoms with Gasteiger partial charge in [-0.05, 0) is 49.4 Å². The van der Waals surface area contributed by atoms with E-state index in [9.17, 15) is 13.2 Å². The van der Waals surface area contributed by atoms with E-state index >= 15 is 0 Å². The maximum absolute atomic E-state index is 13.4. The number of carbonyl (C=O) groups excluding carboxylic acids is 1. The summed E-state index contributed by atoms with van der Waals surface area (Å²) in [7, 11) is -2.48. The number of amides is 1. The summed E-state index contributed by atoms with van der Waals surface area (Å²) in [5, 5.41) is 3.17. The molecule has 0 aliphatic carbocycles. The summed E-state index contributed by atoms with van der Waals surface area (Å²) in [5.41, 5.74) is 0.462. The molecule has 0 bridgehead atoms. The summed E-state index contributed by atoms with van der Waals surface area (Å²) < 4.78 is 33.1. The van der Waals surface area contributed by atoms with Crippen LogP contribution in [0.3, 0.4) is 0 Å². The molecule has 0 spiro atoms. The number of nitrogens with zero attached hydrogens (tertiary/aromatic N) is 2. The molecule has 0 unspecified atom stereocenters. The molecule has 162 valence electrons. The number of rotatable bonds is 8. The van der Waals surface area contributed by atoms with Crippen LogP contribution < -0.4 is 14.4 Å². The third-order valence-electron chi connectivity index (χ3n) is 4.27. The number of benzene rings is 2. The van der Waals surface area contributed by atoms with Crippen LogP contribution in [0.2, 0.25) is 5.02 Å². The normalized spacial score (nSPS) is 11.1. The van der Waals surface area contributed by atoms with Crippen molar-refractivity contribution in [2.24, 2.45) is 0 Å². The van der Waals surface area contributed by atoms with Gasteiger partial charge in [-0.25, -0.2) is 13.4 Å². The second kappa shape index (κ2) is 9.51. The number of methoxy groups -OCH3 is 1. The largest absolute Gasteiger partial charge is 0.497 e. The molecule has 1 heterocycles. The van der Waals surface area contributed by atoms with Crippen LogP contribution in [-0.2, 0) is 10.0 Å². The minimum absolute atomic E-state index is 0.0314. The molecule has 3 aromatic rings. The standard InChI is InChI=1S/C21H20ClN3O4S2/c1-4-11-25(15-5-7-16(29-3)8-6-15)31(27,28)17-9-10-19(22)18(12-17)20(26)24-21-23-13-14(2)30-21/h4-10,12-13H,1,11H2,2-3H3,(H,23,24,26). The summed E-state index contributed by atoms with van der Waals surface area (Å²) in [4.78, 5) is 17.6. The lowest BCUT2D eigenvalue weighted by atomic mass is 10.2. The van der Waals surface area contributed by atoms with E-state index in [1.807, 2.05) is 6.92 Å². The zero-order valence-electron chi connectivity index (χ0n) is 16.8. The zero-order valence-corrected chi connectivity index (χ0v) is 19.2. The molecule has 0 aliphatic rings. The van der Waals surface area contributed by atoms with Gasteiger partial charge in [0.1, 0.15) is 5.75 Å². The van der Waals surface area contributed by atoms with E-state index in [4.69, 9.17) is 16.3 Å². The zero-order chi connectivity index (χ0) is 22.6. The summed E-state index contributed by atoms with van der Waals surface area (Å²) in [5.74, 6) is 0.0543. The summed E-state index contributed by atoms with van der Waals surface area (Å²) in [6.07, 6.45) is 3.11. The molecule has 7 nitrogen and oxygen atoms in total. The van der Waals surface area contributed by atoms with Crippen molar-refractivity contribution in [3.05, 3.63) is 76.8 Å². The number of aromatic nitrogens is 1. The van der Waals surface area contributed by atoms with E-state index in [1.165, 1.54) is 47.0 Å². The van der Waals surface area contributed by atoms with Gasteiger partial charge in [0, 0.05) is 11.1 Å². The summed E-state index contributed by atoms with van der Waals surface area (Å²) in [6.45, 7) is 5.55. The Kier molecular flexibility index (Phi) is 6.99. The van der Waals surface area contributed by atoms with E-state index in [-0.39, 0.29) is 22.0 Å². The summed E-state index contributed by atoms with van der Waals surface area (Å²) in [6, 6.07) is 10.6. The molecule has 0 saturated carbocycles. The molecule has 0 atom stereocenters. The molecule has 1 amide bonds. The van der Waals surface area contributed by atoms with Gasteiger partial charge in [0.25, 0.3) is 15.9 Å². The van der Waals surface area contributed by atoms with Crippen LogP contribution >= 0.6 is 22.9 Å². The Morgan fingerprint density at radius 2 is 2.00 bits per heavy atom. The molecule has 3 rings (SSSR count). The van der Waals surface area contributed by atoms with Crippen LogP contribution in [0, 0.1) is 6.92 Å². The molecule has 0 aliphatic heterocycles. The molecule has 2 aromatic carbocycles. The molecule has 0 saturated heterocycles. The van der Waals surface area contributed by atoms with Crippen LogP contribution in [-0.4, -0.2) is 33.0 Å².